The van der Waals surface area contributed by atoms with Gasteiger partial charge in [0.05, 0.1) is 10.6 Å². The fourth-order valence-corrected chi connectivity index (χ4v) is 4.18. The highest BCUT2D eigenvalue weighted by Gasteiger charge is 2.49. The smallest absolute Gasteiger partial charge is 0.267 e. The number of likely N-dealkylation sites (N-methyl/N-ethyl adjacent to an activating group) is 1. The minimum atomic E-state index is -3.65. The van der Waals surface area contributed by atoms with Crippen LogP contribution < -0.4 is 4.90 Å². The molecule has 1 aliphatic rings. The molecule has 0 saturated carbocycles. The maximum atomic E-state index is 12.4. The lowest BCUT2D eigenvalue weighted by atomic mass is 10.0. The van der Waals surface area contributed by atoms with Crippen LogP contribution in [0, 0.1) is 13.8 Å². The summed E-state index contributed by atoms with van der Waals surface area (Å²) in [6.07, 6.45) is 0. The number of rotatable bonds is 2. The molecule has 8 heteroatoms. The first-order valence-electron chi connectivity index (χ1n) is 6.17. The number of amides is 1. The lowest BCUT2D eigenvalue weighted by Gasteiger charge is -2.19. The predicted octanol–water partition coefficient (Wildman–Crippen LogP) is 2.16. The van der Waals surface area contributed by atoms with Gasteiger partial charge in [0.1, 0.15) is 0 Å². The van der Waals surface area contributed by atoms with Crippen molar-refractivity contribution in [1.29, 1.82) is 0 Å². The first-order chi connectivity index (χ1) is 9.44. The number of benzene rings is 1. The summed E-state index contributed by atoms with van der Waals surface area (Å²) in [4.78, 5) is 13.6. The summed E-state index contributed by atoms with van der Waals surface area (Å²) in [7, 11) is 0.814. The Labute approximate surface area is 134 Å². The highest BCUT2D eigenvalue weighted by molar-refractivity contribution is 7.89. The van der Waals surface area contributed by atoms with Gasteiger partial charge in [-0.05, 0) is 31.0 Å². The second-order valence-electron chi connectivity index (χ2n) is 5.25. The Morgan fingerprint density at radius 1 is 1.19 bits per heavy atom. The molecule has 0 bridgehead atoms. The summed E-state index contributed by atoms with van der Waals surface area (Å²) in [6, 6.07) is 1.40. The second-order valence-corrected chi connectivity index (χ2v) is 8.69. The molecule has 1 amide bonds. The number of anilines is 1. The van der Waals surface area contributed by atoms with Gasteiger partial charge >= 0.3 is 0 Å². The van der Waals surface area contributed by atoms with Crippen LogP contribution in [0.3, 0.4) is 0 Å². The van der Waals surface area contributed by atoms with Gasteiger partial charge in [0, 0.05) is 26.7 Å². The zero-order valence-electron chi connectivity index (χ0n) is 12.4. The van der Waals surface area contributed by atoms with E-state index in [2.05, 4.69) is 0 Å². The van der Waals surface area contributed by atoms with Crippen molar-refractivity contribution in [2.75, 3.05) is 26.0 Å². The number of halogens is 2. The molecular weight excluding hydrogens is 335 g/mol. The number of hydrogen-bond donors (Lipinski definition) is 0. The van der Waals surface area contributed by atoms with Gasteiger partial charge in [-0.3, -0.25) is 4.79 Å². The van der Waals surface area contributed by atoms with E-state index in [1.165, 1.54) is 25.1 Å². The third-order valence-electron chi connectivity index (χ3n) is 3.82. The summed E-state index contributed by atoms with van der Waals surface area (Å²) >= 11 is 12.3. The summed E-state index contributed by atoms with van der Waals surface area (Å²) in [6.45, 7) is 3.45. The Morgan fingerprint density at radius 3 is 2.19 bits per heavy atom. The van der Waals surface area contributed by atoms with Crippen molar-refractivity contribution in [2.45, 2.75) is 23.1 Å². The summed E-state index contributed by atoms with van der Waals surface area (Å²) in [5, 5.41) is 0. The number of sulfonamides is 1. The van der Waals surface area contributed by atoms with E-state index in [0.717, 1.165) is 4.31 Å². The van der Waals surface area contributed by atoms with E-state index in [0.29, 0.717) is 22.4 Å². The van der Waals surface area contributed by atoms with Crippen LogP contribution in [0.2, 0.25) is 0 Å². The average Bonchev–Trinajstić information content (AvgIpc) is 2.54. The molecule has 0 spiro atoms. The molecule has 1 heterocycles. The summed E-state index contributed by atoms with van der Waals surface area (Å²) in [5.74, 6) is -0.484. The molecule has 0 radical (unpaired) electrons. The van der Waals surface area contributed by atoms with Gasteiger partial charge in [-0.15, -0.1) is 0 Å². The molecule has 0 aliphatic carbocycles. The molecule has 1 aliphatic heterocycles. The van der Waals surface area contributed by atoms with Crippen molar-refractivity contribution >= 4 is 44.8 Å². The lowest BCUT2D eigenvalue weighted by molar-refractivity contribution is -0.118. The van der Waals surface area contributed by atoms with Gasteiger partial charge in [-0.1, -0.05) is 23.2 Å². The zero-order chi connectivity index (χ0) is 16.3. The van der Waals surface area contributed by atoms with Crippen molar-refractivity contribution in [3.63, 3.8) is 0 Å². The largest absolute Gasteiger partial charge is 0.312 e. The predicted molar refractivity (Wildman–Crippen MR) is 83.6 cm³/mol. The van der Waals surface area contributed by atoms with Crippen molar-refractivity contribution in [3.05, 3.63) is 22.8 Å². The third kappa shape index (κ3) is 2.16. The zero-order valence-corrected chi connectivity index (χ0v) is 14.7. The maximum absolute atomic E-state index is 12.4. The number of carbonyl (C=O) groups excluding carboxylic acids is 1. The molecule has 0 aromatic heterocycles. The topological polar surface area (TPSA) is 57.7 Å². The van der Waals surface area contributed by atoms with E-state index >= 15 is 0 Å². The van der Waals surface area contributed by atoms with Crippen LogP contribution in [0.25, 0.3) is 0 Å². The van der Waals surface area contributed by atoms with Gasteiger partial charge in [-0.2, -0.15) is 0 Å². The maximum Gasteiger partial charge on any atom is 0.267 e. The minimum Gasteiger partial charge on any atom is -0.312 e. The van der Waals surface area contributed by atoms with Crippen LogP contribution in [-0.2, 0) is 19.2 Å². The standard InChI is InChI=1S/C13H16Cl2N2O3S/c1-7-8(2)11-9(13(14,15)12(18)17(11)5)6-10(7)21(19,20)16(3)4/h6H,1-5H3. The molecule has 0 atom stereocenters. The number of fused-ring (bicyclic) bond motifs is 1. The van der Waals surface area contributed by atoms with E-state index < -0.39 is 20.3 Å². The van der Waals surface area contributed by atoms with Crippen LogP contribution in [0.5, 0.6) is 0 Å². The Kier molecular flexibility index (Phi) is 3.82. The van der Waals surface area contributed by atoms with E-state index in [9.17, 15) is 13.2 Å². The fraction of sp³-hybridized carbons (Fsp3) is 0.462. The van der Waals surface area contributed by atoms with Gasteiger partial charge in [0.25, 0.3) is 5.91 Å². The molecule has 1 aromatic carbocycles. The molecule has 5 nitrogen and oxygen atoms in total. The van der Waals surface area contributed by atoms with Crippen LogP contribution in [0.15, 0.2) is 11.0 Å². The number of alkyl halides is 2. The van der Waals surface area contributed by atoms with Crippen molar-refractivity contribution in [3.8, 4) is 0 Å². The number of hydrogen-bond acceptors (Lipinski definition) is 3. The molecule has 116 valence electrons. The number of carbonyl (C=O) groups is 1. The molecule has 0 fully saturated rings. The molecular formula is C13H16Cl2N2O3S. The second kappa shape index (κ2) is 4.84. The highest BCUT2D eigenvalue weighted by Crippen LogP contribution is 2.50. The van der Waals surface area contributed by atoms with Gasteiger partial charge in [0.15, 0.2) is 0 Å². The summed E-state index contributed by atoms with van der Waals surface area (Å²) < 4.78 is 24.2. The SMILES string of the molecule is Cc1c(S(=O)(=O)N(C)C)cc2c(c1C)N(C)C(=O)C2(Cl)Cl. The van der Waals surface area contributed by atoms with E-state index in [-0.39, 0.29) is 4.90 Å². The van der Waals surface area contributed by atoms with E-state index in [4.69, 9.17) is 23.2 Å². The summed E-state index contributed by atoms with van der Waals surface area (Å²) in [5.41, 5.74) is 2.13. The quantitative estimate of drug-likeness (QED) is 0.768. The molecule has 0 saturated heterocycles. The first kappa shape index (κ1) is 16.5. The van der Waals surface area contributed by atoms with Crippen molar-refractivity contribution < 1.29 is 13.2 Å². The van der Waals surface area contributed by atoms with Crippen molar-refractivity contribution in [2.24, 2.45) is 0 Å². The van der Waals surface area contributed by atoms with Crippen molar-refractivity contribution in [1.82, 2.24) is 4.31 Å². The van der Waals surface area contributed by atoms with Crippen LogP contribution >= 0.6 is 23.2 Å². The van der Waals surface area contributed by atoms with Crippen LogP contribution in [0.4, 0.5) is 5.69 Å². The highest BCUT2D eigenvalue weighted by atomic mass is 35.5. The fourth-order valence-electron chi connectivity index (χ4n) is 2.44. The Balaban J connectivity index is 2.87. The third-order valence-corrected chi connectivity index (χ3v) is 6.50. The molecule has 2 rings (SSSR count). The van der Waals surface area contributed by atoms with Gasteiger partial charge in [-0.25, -0.2) is 12.7 Å². The average molecular weight is 351 g/mol. The van der Waals surface area contributed by atoms with Crippen LogP contribution in [-0.4, -0.2) is 39.8 Å². The first-order valence-corrected chi connectivity index (χ1v) is 8.36. The Hall–Kier alpha value is -0.820. The molecule has 0 N–H and O–H groups in total. The number of nitrogens with zero attached hydrogens (tertiary/aromatic N) is 2. The molecule has 0 unspecified atom stereocenters. The van der Waals surface area contributed by atoms with Crippen LogP contribution in [0.1, 0.15) is 16.7 Å². The molecule has 1 aromatic rings. The molecule has 21 heavy (non-hydrogen) atoms. The van der Waals surface area contributed by atoms with Gasteiger partial charge < -0.3 is 4.90 Å². The minimum absolute atomic E-state index is 0.109. The van der Waals surface area contributed by atoms with E-state index in [1.54, 1.807) is 20.9 Å². The monoisotopic (exact) mass is 350 g/mol. The Morgan fingerprint density at radius 2 is 1.71 bits per heavy atom. The lowest BCUT2D eigenvalue weighted by Crippen LogP contribution is -2.30. The van der Waals surface area contributed by atoms with E-state index in [1.807, 2.05) is 0 Å². The van der Waals surface area contributed by atoms with Gasteiger partial charge in [0.2, 0.25) is 14.4 Å². The Bertz CT molecular complexity index is 742. The normalized spacial score (nSPS) is 17.5.